The van der Waals surface area contributed by atoms with Crippen LogP contribution in [0.25, 0.3) is 10.8 Å². The van der Waals surface area contributed by atoms with Gasteiger partial charge in [0, 0.05) is 11.9 Å². The number of carbonyl (C=O) groups excluding carboxylic acids is 1. The molecule has 0 saturated heterocycles. The molecule has 0 fully saturated rings. The van der Waals surface area contributed by atoms with Crippen LogP contribution in [-0.4, -0.2) is 11.0 Å². The van der Waals surface area contributed by atoms with Gasteiger partial charge >= 0.3 is 6.03 Å². The predicted octanol–water partition coefficient (Wildman–Crippen LogP) is 4.48. The molecule has 0 aliphatic heterocycles. The summed E-state index contributed by atoms with van der Waals surface area (Å²) in [4.78, 5) is 26.4. The first-order valence-corrected chi connectivity index (χ1v) is 8.17. The lowest BCUT2D eigenvalue weighted by Gasteiger charge is -2.17. The predicted molar refractivity (Wildman–Crippen MR) is 96.5 cm³/mol. The van der Waals surface area contributed by atoms with Crippen molar-refractivity contribution in [2.75, 3.05) is 5.32 Å². The quantitative estimate of drug-likeness (QED) is 0.611. The fourth-order valence-electron chi connectivity index (χ4n) is 2.65. The van der Waals surface area contributed by atoms with Crippen LogP contribution in [0, 0.1) is 17.5 Å². The first-order chi connectivity index (χ1) is 12.8. The van der Waals surface area contributed by atoms with Gasteiger partial charge in [-0.25, -0.2) is 18.0 Å². The van der Waals surface area contributed by atoms with Crippen molar-refractivity contribution in [1.29, 1.82) is 0 Å². The van der Waals surface area contributed by atoms with E-state index in [1.54, 1.807) is 6.92 Å². The summed E-state index contributed by atoms with van der Waals surface area (Å²) in [6.07, 6.45) is 1.32. The Hall–Kier alpha value is -3.00. The summed E-state index contributed by atoms with van der Waals surface area (Å²) in [5.74, 6) is -2.87. The summed E-state index contributed by atoms with van der Waals surface area (Å²) < 4.78 is 40.2. The number of hydrogen-bond acceptors (Lipinski definition) is 2. The zero-order valence-corrected chi connectivity index (χ0v) is 14.6. The van der Waals surface area contributed by atoms with Crippen LogP contribution < -0.4 is 16.2 Å². The SMILES string of the molecule is C[C@@H](NC(=O)Nc1ccc(F)c(Cl)c1)c1c[nH]c(=O)c2cc(F)c(F)cc12. The third kappa shape index (κ3) is 3.90. The Kier molecular flexibility index (Phi) is 5.09. The lowest BCUT2D eigenvalue weighted by atomic mass is 10.0. The maximum absolute atomic E-state index is 13.6. The van der Waals surface area contributed by atoms with Crippen LogP contribution in [0.15, 0.2) is 41.3 Å². The molecular formula is C18H13ClF3N3O2. The largest absolute Gasteiger partial charge is 0.331 e. The maximum Gasteiger partial charge on any atom is 0.319 e. The minimum Gasteiger partial charge on any atom is -0.331 e. The van der Waals surface area contributed by atoms with Crippen LogP contribution in [0.5, 0.6) is 0 Å². The van der Waals surface area contributed by atoms with Crippen molar-refractivity contribution in [3.8, 4) is 0 Å². The number of aromatic amines is 1. The second kappa shape index (κ2) is 7.32. The molecule has 2 amide bonds. The Morgan fingerprint density at radius 2 is 1.74 bits per heavy atom. The summed E-state index contributed by atoms with van der Waals surface area (Å²) in [7, 11) is 0. The van der Waals surface area contributed by atoms with Gasteiger partial charge in [-0.15, -0.1) is 0 Å². The van der Waals surface area contributed by atoms with Crippen molar-refractivity contribution in [3.05, 3.63) is 74.9 Å². The molecule has 0 unspecified atom stereocenters. The summed E-state index contributed by atoms with van der Waals surface area (Å²) in [6.45, 7) is 1.60. The van der Waals surface area contributed by atoms with E-state index in [1.165, 1.54) is 18.3 Å². The molecular weight excluding hydrogens is 383 g/mol. The molecule has 3 N–H and O–H groups in total. The van der Waals surface area contributed by atoms with E-state index in [0.29, 0.717) is 5.56 Å². The highest BCUT2D eigenvalue weighted by molar-refractivity contribution is 6.31. The average Bonchev–Trinajstić information content (AvgIpc) is 2.60. The first-order valence-electron chi connectivity index (χ1n) is 7.79. The standard InChI is InChI=1S/C18H13ClF3N3O2/c1-8(24-18(27)25-9-2-3-14(20)13(19)4-9)12-7-23-17(26)11-6-16(22)15(21)5-10(11)12/h2-8H,1H3,(H,23,26)(H2,24,25,27)/t8-/m1/s1. The van der Waals surface area contributed by atoms with Crippen LogP contribution in [0.2, 0.25) is 5.02 Å². The van der Waals surface area contributed by atoms with Gasteiger partial charge in [0.25, 0.3) is 5.56 Å². The molecule has 2 aromatic carbocycles. The van der Waals surface area contributed by atoms with Crippen LogP contribution in [0.3, 0.4) is 0 Å². The molecule has 0 saturated carbocycles. The van der Waals surface area contributed by atoms with E-state index >= 15 is 0 Å². The van der Waals surface area contributed by atoms with Gasteiger partial charge in [-0.3, -0.25) is 4.79 Å². The van der Waals surface area contributed by atoms with E-state index in [1.807, 2.05) is 0 Å². The van der Waals surface area contributed by atoms with Crippen molar-refractivity contribution < 1.29 is 18.0 Å². The van der Waals surface area contributed by atoms with Crippen molar-refractivity contribution in [2.45, 2.75) is 13.0 Å². The minimum atomic E-state index is -1.14. The lowest BCUT2D eigenvalue weighted by Crippen LogP contribution is -2.31. The van der Waals surface area contributed by atoms with Crippen LogP contribution in [-0.2, 0) is 0 Å². The fourth-order valence-corrected chi connectivity index (χ4v) is 2.83. The molecule has 5 nitrogen and oxygen atoms in total. The first kappa shape index (κ1) is 18.8. The van der Waals surface area contributed by atoms with Crippen molar-refractivity contribution in [2.24, 2.45) is 0 Å². The van der Waals surface area contributed by atoms with Crippen LogP contribution in [0.4, 0.5) is 23.7 Å². The van der Waals surface area contributed by atoms with Crippen molar-refractivity contribution >= 4 is 34.1 Å². The van der Waals surface area contributed by atoms with Gasteiger partial charge in [-0.1, -0.05) is 11.6 Å². The molecule has 9 heteroatoms. The molecule has 0 radical (unpaired) electrons. The molecule has 3 aromatic rings. The Morgan fingerprint density at radius 1 is 1.07 bits per heavy atom. The number of amides is 2. The van der Waals surface area contributed by atoms with E-state index in [-0.39, 0.29) is 21.5 Å². The van der Waals surface area contributed by atoms with E-state index in [4.69, 9.17) is 11.6 Å². The van der Waals surface area contributed by atoms with Crippen molar-refractivity contribution in [1.82, 2.24) is 10.3 Å². The lowest BCUT2D eigenvalue weighted by molar-refractivity contribution is 0.249. The molecule has 0 bridgehead atoms. The number of aromatic nitrogens is 1. The van der Waals surface area contributed by atoms with Crippen molar-refractivity contribution in [3.63, 3.8) is 0 Å². The van der Waals surface area contributed by atoms with E-state index < -0.39 is 35.1 Å². The van der Waals surface area contributed by atoms with Crippen LogP contribution in [0.1, 0.15) is 18.5 Å². The summed E-state index contributed by atoms with van der Waals surface area (Å²) >= 11 is 5.66. The van der Waals surface area contributed by atoms with Gasteiger partial charge in [-0.05, 0) is 48.2 Å². The highest BCUT2D eigenvalue weighted by Gasteiger charge is 2.16. The van der Waals surface area contributed by atoms with E-state index in [2.05, 4.69) is 15.6 Å². The number of anilines is 1. The monoisotopic (exact) mass is 395 g/mol. The molecule has 1 atom stereocenters. The minimum absolute atomic E-state index is 0.0363. The molecule has 1 heterocycles. The van der Waals surface area contributed by atoms with Gasteiger partial charge < -0.3 is 15.6 Å². The summed E-state index contributed by atoms with van der Waals surface area (Å²) in [5, 5.41) is 5.07. The Morgan fingerprint density at radius 3 is 2.41 bits per heavy atom. The Balaban J connectivity index is 1.85. The molecule has 1 aromatic heterocycles. The third-order valence-corrected chi connectivity index (χ3v) is 4.26. The summed E-state index contributed by atoms with van der Waals surface area (Å²) in [5.41, 5.74) is 0.0755. The van der Waals surface area contributed by atoms with Gasteiger partial charge in [0.1, 0.15) is 5.82 Å². The smallest absolute Gasteiger partial charge is 0.319 e. The number of nitrogens with one attached hydrogen (secondary N) is 3. The number of carbonyl (C=O) groups is 1. The topological polar surface area (TPSA) is 74.0 Å². The highest BCUT2D eigenvalue weighted by atomic mass is 35.5. The van der Waals surface area contributed by atoms with Crippen LogP contribution >= 0.6 is 11.6 Å². The molecule has 27 heavy (non-hydrogen) atoms. The number of pyridine rings is 1. The molecule has 0 spiro atoms. The third-order valence-electron chi connectivity index (χ3n) is 3.97. The zero-order chi connectivity index (χ0) is 19.7. The van der Waals surface area contributed by atoms with E-state index in [0.717, 1.165) is 18.2 Å². The second-order valence-electron chi connectivity index (χ2n) is 5.83. The molecule has 0 aliphatic carbocycles. The number of urea groups is 1. The Bertz CT molecular complexity index is 1100. The van der Waals surface area contributed by atoms with Gasteiger partial charge in [0.2, 0.25) is 0 Å². The van der Waals surface area contributed by atoms with Gasteiger partial charge in [0.05, 0.1) is 16.5 Å². The number of halogens is 4. The molecule has 3 rings (SSSR count). The number of hydrogen-bond donors (Lipinski definition) is 3. The summed E-state index contributed by atoms with van der Waals surface area (Å²) in [6, 6.07) is 4.10. The normalized spacial score (nSPS) is 12.0. The maximum atomic E-state index is 13.6. The van der Waals surface area contributed by atoms with E-state index in [9.17, 15) is 22.8 Å². The molecule has 0 aliphatic rings. The number of fused-ring (bicyclic) bond motifs is 1. The second-order valence-corrected chi connectivity index (χ2v) is 6.24. The molecule has 140 valence electrons. The van der Waals surface area contributed by atoms with Gasteiger partial charge in [0.15, 0.2) is 11.6 Å². The fraction of sp³-hybridized carbons (Fsp3) is 0.111. The Labute approximate surface area is 156 Å². The number of H-pyrrole nitrogens is 1. The number of rotatable bonds is 3. The highest BCUT2D eigenvalue weighted by Crippen LogP contribution is 2.24. The number of benzene rings is 2. The zero-order valence-electron chi connectivity index (χ0n) is 13.9. The average molecular weight is 396 g/mol. The van der Waals surface area contributed by atoms with Gasteiger partial charge in [-0.2, -0.15) is 0 Å².